The van der Waals surface area contributed by atoms with Gasteiger partial charge < -0.3 is 50.4 Å². The van der Waals surface area contributed by atoms with Gasteiger partial charge in [-0.15, -0.1) is 0 Å². The van der Waals surface area contributed by atoms with E-state index in [1.165, 1.54) is 0 Å². The summed E-state index contributed by atoms with van der Waals surface area (Å²) in [6.07, 6.45) is 2.09. The van der Waals surface area contributed by atoms with Crippen LogP contribution in [0, 0.1) is 0 Å². The number of halogens is 2. The first-order valence-electron chi connectivity index (χ1n) is 12.3. The second-order valence-corrected chi connectivity index (χ2v) is 9.67. The van der Waals surface area contributed by atoms with Crippen molar-refractivity contribution in [1.82, 2.24) is 0 Å². The second-order valence-electron chi connectivity index (χ2n) is 9.26. The summed E-state index contributed by atoms with van der Waals surface area (Å²) in [5.74, 6) is 0.686. The lowest BCUT2D eigenvalue weighted by molar-refractivity contribution is -0.935. The van der Waals surface area contributed by atoms with Gasteiger partial charge in [-0.2, -0.15) is 0 Å². The predicted octanol–water partition coefficient (Wildman–Crippen LogP) is 0.966. The summed E-state index contributed by atoms with van der Waals surface area (Å²) in [5.41, 5.74) is 3.17. The van der Waals surface area contributed by atoms with Crippen molar-refractivity contribution in [2.24, 2.45) is 0 Å². The molecule has 40 heavy (non-hydrogen) atoms. The van der Waals surface area contributed by atoms with E-state index in [-0.39, 0.29) is 25.1 Å². The summed E-state index contributed by atoms with van der Waals surface area (Å²) in [7, 11) is 10.1. The maximum absolute atomic E-state index is 12.0. The molecule has 0 radical (unpaired) electrons. The Balaban J connectivity index is 0.00000560. The first kappa shape index (κ1) is 32.9. The summed E-state index contributed by atoms with van der Waals surface area (Å²) >= 11 is 5.53. The Labute approximate surface area is 245 Å². The van der Waals surface area contributed by atoms with E-state index in [0.29, 0.717) is 46.2 Å². The number of benzene rings is 2. The third-order valence-electron chi connectivity index (χ3n) is 6.96. The molecule has 2 aromatic rings. The van der Waals surface area contributed by atoms with Crippen LogP contribution in [-0.2, 0) is 20.7 Å². The fourth-order valence-electron chi connectivity index (χ4n) is 5.09. The monoisotopic (exact) mass is 599 g/mol. The molecule has 2 aromatic carbocycles. The molecule has 10 nitrogen and oxygen atoms in total. The van der Waals surface area contributed by atoms with Gasteiger partial charge in [0.05, 0.1) is 62.3 Å². The van der Waals surface area contributed by atoms with Crippen LogP contribution in [-0.4, -0.2) is 83.8 Å². The van der Waals surface area contributed by atoms with Crippen LogP contribution in [0.3, 0.4) is 0 Å². The third-order valence-corrected chi connectivity index (χ3v) is 7.24. The van der Waals surface area contributed by atoms with Crippen LogP contribution in [0.15, 0.2) is 35.4 Å². The van der Waals surface area contributed by atoms with E-state index < -0.39 is 17.0 Å². The number of carbonyl (C=O) groups is 2. The number of nitrogens with zero attached hydrogens (tertiary/aromatic N) is 1. The number of hydrogen-bond acceptors (Lipinski definition) is 8. The number of carbonyl (C=O) groups excluding carboxylic acids is 1. The van der Waals surface area contributed by atoms with E-state index in [1.54, 1.807) is 35.5 Å². The van der Waals surface area contributed by atoms with Gasteiger partial charge in [0.2, 0.25) is 5.75 Å². The minimum Gasteiger partial charge on any atom is -1.00 e. The van der Waals surface area contributed by atoms with E-state index in [4.69, 9.17) is 45.1 Å². The van der Waals surface area contributed by atoms with Gasteiger partial charge in [-0.05, 0) is 29.8 Å². The molecule has 1 aliphatic heterocycles. The van der Waals surface area contributed by atoms with Crippen LogP contribution in [0.25, 0.3) is 0 Å². The van der Waals surface area contributed by atoms with Gasteiger partial charge in [0.1, 0.15) is 11.1 Å². The highest BCUT2D eigenvalue weighted by Crippen LogP contribution is 2.48. The van der Waals surface area contributed by atoms with Gasteiger partial charge in [-0.1, -0.05) is 11.6 Å². The molecule has 0 aliphatic carbocycles. The topological polar surface area (TPSA) is 110 Å². The van der Waals surface area contributed by atoms with Crippen molar-refractivity contribution >= 4 is 23.5 Å². The summed E-state index contributed by atoms with van der Waals surface area (Å²) in [6.45, 7) is 1.55. The number of likely N-dealkylation sites (N-methyl/N-ethyl adjacent to an activating group) is 1. The Bertz CT molecular complexity index is 1230. The SMILES string of the molecule is COc1cc2c(cc1OC)[C@H](c1cc(OC)c(OC)c(OC)c1)[N@@+](C)(CCCOC(=O)/C=C(\Cl)C(=O)O)CC2.[Cl-]. The molecular weight excluding hydrogens is 565 g/mol. The van der Waals surface area contributed by atoms with Crippen LogP contribution < -0.4 is 36.1 Å². The number of fused-ring (bicyclic) bond motifs is 1. The van der Waals surface area contributed by atoms with Crippen LogP contribution in [0.4, 0.5) is 0 Å². The number of carboxylic acid groups (broad SMARTS) is 1. The van der Waals surface area contributed by atoms with E-state index >= 15 is 0 Å². The van der Waals surface area contributed by atoms with Crippen molar-refractivity contribution in [3.63, 3.8) is 0 Å². The van der Waals surface area contributed by atoms with Crippen LogP contribution in [0.5, 0.6) is 28.7 Å². The van der Waals surface area contributed by atoms with Gasteiger partial charge in [0.25, 0.3) is 0 Å². The van der Waals surface area contributed by atoms with Crippen LogP contribution >= 0.6 is 11.6 Å². The average molecular weight is 600 g/mol. The lowest BCUT2D eigenvalue weighted by Gasteiger charge is -2.46. The number of carboxylic acids is 1. The molecule has 0 unspecified atom stereocenters. The Morgan fingerprint density at radius 3 is 2.05 bits per heavy atom. The van der Waals surface area contributed by atoms with Crippen molar-refractivity contribution in [3.8, 4) is 28.7 Å². The normalized spacial score (nSPS) is 18.1. The minimum absolute atomic E-state index is 0. The van der Waals surface area contributed by atoms with Crippen LogP contribution in [0.1, 0.15) is 29.2 Å². The van der Waals surface area contributed by atoms with Crippen molar-refractivity contribution in [2.45, 2.75) is 18.9 Å². The molecule has 3 rings (SSSR count). The highest BCUT2D eigenvalue weighted by molar-refractivity contribution is 6.42. The number of quaternary nitrogens is 1. The highest BCUT2D eigenvalue weighted by Gasteiger charge is 2.41. The van der Waals surface area contributed by atoms with Crippen molar-refractivity contribution in [1.29, 1.82) is 0 Å². The lowest BCUT2D eigenvalue weighted by Crippen LogP contribution is -3.00. The Hall–Kier alpha value is -3.34. The molecular formula is C28H35Cl2NO9. The van der Waals surface area contributed by atoms with Gasteiger partial charge in [-0.25, -0.2) is 9.59 Å². The molecule has 220 valence electrons. The molecule has 0 fully saturated rings. The number of ether oxygens (including phenoxy) is 6. The van der Waals surface area contributed by atoms with Gasteiger partial charge in [-0.3, -0.25) is 0 Å². The number of hydrogen-bond donors (Lipinski definition) is 1. The lowest BCUT2D eigenvalue weighted by atomic mass is 9.85. The summed E-state index contributed by atoms with van der Waals surface area (Å²) in [5, 5.41) is 8.25. The molecule has 0 bridgehead atoms. The molecule has 0 saturated carbocycles. The minimum atomic E-state index is -1.39. The smallest absolute Gasteiger partial charge is 0.347 e. The second kappa shape index (κ2) is 14.3. The fourth-order valence-corrected chi connectivity index (χ4v) is 5.18. The zero-order chi connectivity index (χ0) is 28.7. The summed E-state index contributed by atoms with van der Waals surface area (Å²) < 4.78 is 33.8. The maximum Gasteiger partial charge on any atom is 0.347 e. The Kier molecular flexibility index (Phi) is 11.8. The predicted molar refractivity (Wildman–Crippen MR) is 144 cm³/mol. The average Bonchev–Trinajstić information content (AvgIpc) is 2.93. The van der Waals surface area contributed by atoms with Gasteiger partial charge in [0, 0.05) is 30.0 Å². The molecule has 0 amide bonds. The molecule has 0 spiro atoms. The number of rotatable bonds is 12. The maximum atomic E-state index is 12.0. The number of aliphatic carboxylic acids is 1. The summed E-state index contributed by atoms with van der Waals surface area (Å²) in [6, 6.07) is 7.78. The number of esters is 1. The summed E-state index contributed by atoms with van der Waals surface area (Å²) in [4.78, 5) is 22.8. The van der Waals surface area contributed by atoms with E-state index in [9.17, 15) is 9.59 Å². The van der Waals surface area contributed by atoms with E-state index in [0.717, 1.165) is 35.7 Å². The molecule has 12 heteroatoms. The van der Waals surface area contributed by atoms with Gasteiger partial charge in [0.15, 0.2) is 23.0 Å². The van der Waals surface area contributed by atoms with E-state index in [1.807, 2.05) is 24.3 Å². The Morgan fingerprint density at radius 1 is 0.950 bits per heavy atom. The standard InChI is InChI=1S/C28H34ClNO9.ClH/c1-30(9-7-11-39-25(31)16-20(29)28(32)33)10-8-17-12-21(34-2)22(35-3)15-19(17)26(30)18-13-23(36-4)27(38-6)24(14-18)37-5;/h12-16,26H,7-11H2,1-6H3;1H/b20-16-;/t26-,30-;/m0./s1. The highest BCUT2D eigenvalue weighted by atomic mass is 35.5. The van der Waals surface area contributed by atoms with Gasteiger partial charge >= 0.3 is 11.9 Å². The molecule has 1 heterocycles. The first-order valence-corrected chi connectivity index (χ1v) is 12.7. The molecule has 1 aliphatic rings. The molecule has 1 N–H and O–H groups in total. The third kappa shape index (κ3) is 7.04. The largest absolute Gasteiger partial charge is 1.00 e. The molecule has 0 aromatic heterocycles. The van der Waals surface area contributed by atoms with Crippen molar-refractivity contribution < 1.29 is 60.0 Å². The number of methoxy groups -OCH3 is 5. The zero-order valence-electron chi connectivity index (χ0n) is 23.4. The van der Waals surface area contributed by atoms with E-state index in [2.05, 4.69) is 7.05 Å². The first-order chi connectivity index (χ1) is 18.6. The van der Waals surface area contributed by atoms with Crippen LogP contribution in [0.2, 0.25) is 0 Å². The van der Waals surface area contributed by atoms with Crippen molar-refractivity contribution in [3.05, 3.63) is 52.1 Å². The van der Waals surface area contributed by atoms with Crippen molar-refractivity contribution in [2.75, 3.05) is 62.3 Å². The fraction of sp³-hybridized carbons (Fsp3) is 0.429. The quantitative estimate of drug-likeness (QED) is 0.165. The Morgan fingerprint density at radius 2 is 1.52 bits per heavy atom. The molecule has 0 saturated heterocycles. The molecule has 2 atom stereocenters. The zero-order valence-corrected chi connectivity index (χ0v) is 24.9.